The van der Waals surface area contributed by atoms with Gasteiger partial charge >= 0.3 is 0 Å². The average molecular weight is 642 g/mol. The summed E-state index contributed by atoms with van der Waals surface area (Å²) in [6.45, 7) is 0. The van der Waals surface area contributed by atoms with Gasteiger partial charge in [0.05, 0.1) is 0 Å². The largest absolute Gasteiger partial charge is 0.208 e. The molecule has 228 valence electrons. The molecule has 0 aliphatic carbocycles. The Balaban J connectivity index is 1.20. The molecule has 0 spiro atoms. The predicted molar refractivity (Wildman–Crippen MR) is 207 cm³/mol. The summed E-state index contributed by atoms with van der Waals surface area (Å²) in [6, 6.07) is 58.0. The maximum Gasteiger partial charge on any atom is 0.164 e. The van der Waals surface area contributed by atoms with Crippen molar-refractivity contribution >= 4 is 63.8 Å². The molecule has 2 aromatic heterocycles. The van der Waals surface area contributed by atoms with Crippen LogP contribution < -0.4 is 0 Å². The quantitative estimate of drug-likeness (QED) is 0.180. The highest BCUT2D eigenvalue weighted by Gasteiger charge is 2.16. The molecule has 0 unspecified atom stereocenters. The Morgan fingerprint density at radius 2 is 0.776 bits per heavy atom. The Bertz CT molecular complexity index is 2820. The fourth-order valence-corrected chi connectivity index (χ4v) is 8.41. The Morgan fingerprint density at radius 1 is 0.306 bits per heavy atom. The van der Waals surface area contributed by atoms with Gasteiger partial charge in [0.2, 0.25) is 0 Å². The third-order valence-corrected chi connectivity index (χ3v) is 10.7. The monoisotopic (exact) mass is 641 g/mol. The van der Waals surface area contributed by atoms with Crippen LogP contribution in [0, 0.1) is 0 Å². The highest BCUT2D eigenvalue weighted by Crippen LogP contribution is 2.43. The van der Waals surface area contributed by atoms with Gasteiger partial charge in [0.25, 0.3) is 0 Å². The van der Waals surface area contributed by atoms with Crippen LogP contribution in [0.1, 0.15) is 0 Å². The second-order valence-corrected chi connectivity index (χ2v) is 13.4. The number of hydrogen-bond acceptors (Lipinski definition) is 4. The van der Waals surface area contributed by atoms with E-state index in [0.717, 1.165) is 16.7 Å². The van der Waals surface area contributed by atoms with Gasteiger partial charge < -0.3 is 0 Å². The first kappa shape index (κ1) is 27.8. The topological polar surface area (TPSA) is 38.7 Å². The summed E-state index contributed by atoms with van der Waals surface area (Å²) in [5.74, 6) is 1.98. The predicted octanol–water partition coefficient (Wildman–Crippen LogP) is 12.4. The molecule has 0 fully saturated rings. The normalized spacial score (nSPS) is 11.7. The molecule has 0 atom stereocenters. The second-order valence-electron chi connectivity index (χ2n) is 12.4. The van der Waals surface area contributed by atoms with E-state index in [9.17, 15) is 0 Å². The van der Waals surface area contributed by atoms with Crippen LogP contribution in [0.15, 0.2) is 164 Å². The Labute approximate surface area is 286 Å². The number of rotatable bonds is 4. The van der Waals surface area contributed by atoms with Crippen molar-refractivity contribution in [3.8, 4) is 45.3 Å². The van der Waals surface area contributed by atoms with Gasteiger partial charge in [0.1, 0.15) is 0 Å². The number of aromatic nitrogens is 3. The lowest BCUT2D eigenvalue weighted by molar-refractivity contribution is 1.07. The number of benzene rings is 8. The zero-order valence-electron chi connectivity index (χ0n) is 26.3. The standard InChI is InChI=1S/C45H27N3S/c1-3-12-28(13-4-1)43-46-44(29-14-5-2-6-15-29)48-45(47-43)31-23-25-36-39-26-30(22-24-35(39)33-16-7-8-17-34(33)40(36)27-31)32-19-11-20-38-37-18-9-10-21-41(37)49-42(32)38/h1-27H. The zero-order valence-corrected chi connectivity index (χ0v) is 27.2. The van der Waals surface area contributed by atoms with Crippen molar-refractivity contribution < 1.29 is 0 Å². The molecule has 2 heterocycles. The van der Waals surface area contributed by atoms with E-state index in [2.05, 4.69) is 103 Å². The van der Waals surface area contributed by atoms with E-state index in [4.69, 9.17) is 15.0 Å². The van der Waals surface area contributed by atoms with Crippen LogP contribution >= 0.6 is 11.3 Å². The fraction of sp³-hybridized carbons (Fsp3) is 0. The van der Waals surface area contributed by atoms with Crippen molar-refractivity contribution in [2.24, 2.45) is 0 Å². The summed E-state index contributed by atoms with van der Waals surface area (Å²) >= 11 is 1.87. The van der Waals surface area contributed by atoms with E-state index >= 15 is 0 Å². The van der Waals surface area contributed by atoms with E-state index in [1.165, 1.54) is 63.6 Å². The molecular formula is C45H27N3S. The summed E-state index contributed by atoms with van der Waals surface area (Å²) in [5.41, 5.74) is 5.37. The third-order valence-electron chi connectivity index (χ3n) is 9.51. The maximum absolute atomic E-state index is 5.03. The molecule has 10 rings (SSSR count). The summed E-state index contributed by atoms with van der Waals surface area (Å²) in [5, 5.41) is 9.96. The maximum atomic E-state index is 5.03. The van der Waals surface area contributed by atoms with Gasteiger partial charge in [-0.2, -0.15) is 0 Å². The summed E-state index contributed by atoms with van der Waals surface area (Å²) < 4.78 is 2.65. The molecule has 0 radical (unpaired) electrons. The van der Waals surface area contributed by atoms with E-state index in [1.807, 2.05) is 72.0 Å². The van der Waals surface area contributed by atoms with Crippen molar-refractivity contribution in [1.82, 2.24) is 15.0 Å². The van der Waals surface area contributed by atoms with Gasteiger partial charge in [-0.3, -0.25) is 0 Å². The molecule has 0 amide bonds. The molecule has 3 nitrogen and oxygen atoms in total. The van der Waals surface area contributed by atoms with E-state index in [0.29, 0.717) is 17.5 Å². The fourth-order valence-electron chi connectivity index (χ4n) is 7.18. The number of thiophene rings is 1. The summed E-state index contributed by atoms with van der Waals surface area (Å²) in [7, 11) is 0. The van der Waals surface area contributed by atoms with Crippen LogP contribution in [-0.4, -0.2) is 15.0 Å². The molecule has 4 heteroatoms. The number of nitrogens with zero attached hydrogens (tertiary/aromatic N) is 3. The van der Waals surface area contributed by atoms with Crippen molar-refractivity contribution in [2.75, 3.05) is 0 Å². The highest BCUT2D eigenvalue weighted by atomic mass is 32.1. The SMILES string of the molecule is c1ccc(-c2nc(-c3ccccc3)nc(-c3ccc4c(c3)c3ccccc3c3ccc(-c5cccc6c5sc5ccccc56)cc34)n2)cc1. The Kier molecular flexibility index (Phi) is 6.36. The first-order valence-electron chi connectivity index (χ1n) is 16.4. The average Bonchev–Trinajstić information content (AvgIpc) is 3.57. The summed E-state index contributed by atoms with van der Waals surface area (Å²) in [4.78, 5) is 15.0. The summed E-state index contributed by atoms with van der Waals surface area (Å²) in [6.07, 6.45) is 0. The lowest BCUT2D eigenvalue weighted by Crippen LogP contribution is -2.00. The van der Waals surface area contributed by atoms with Crippen molar-refractivity contribution in [2.45, 2.75) is 0 Å². The van der Waals surface area contributed by atoms with Crippen molar-refractivity contribution in [3.63, 3.8) is 0 Å². The lowest BCUT2D eigenvalue weighted by atomic mass is 9.91. The van der Waals surface area contributed by atoms with E-state index in [-0.39, 0.29) is 0 Å². The molecule has 10 aromatic rings. The van der Waals surface area contributed by atoms with E-state index < -0.39 is 0 Å². The van der Waals surface area contributed by atoms with Crippen molar-refractivity contribution in [1.29, 1.82) is 0 Å². The first-order valence-corrected chi connectivity index (χ1v) is 17.3. The van der Waals surface area contributed by atoms with Gasteiger partial charge in [-0.1, -0.05) is 146 Å². The lowest BCUT2D eigenvalue weighted by Gasteiger charge is -2.14. The van der Waals surface area contributed by atoms with E-state index in [1.54, 1.807) is 0 Å². The Morgan fingerprint density at radius 3 is 1.45 bits per heavy atom. The minimum Gasteiger partial charge on any atom is -0.208 e. The van der Waals surface area contributed by atoms with Gasteiger partial charge in [0, 0.05) is 36.9 Å². The van der Waals surface area contributed by atoms with Gasteiger partial charge in [-0.25, -0.2) is 15.0 Å². The molecular weight excluding hydrogens is 615 g/mol. The van der Waals surface area contributed by atoms with Crippen LogP contribution in [-0.2, 0) is 0 Å². The molecule has 0 saturated carbocycles. The van der Waals surface area contributed by atoms with Crippen LogP contribution in [0.2, 0.25) is 0 Å². The minimum atomic E-state index is 0.656. The number of hydrogen-bond donors (Lipinski definition) is 0. The second kappa shape index (κ2) is 11.2. The first-order chi connectivity index (χ1) is 24.3. The molecule has 0 aliphatic rings. The van der Waals surface area contributed by atoms with Gasteiger partial charge in [-0.05, 0) is 61.6 Å². The zero-order chi connectivity index (χ0) is 32.3. The molecule has 0 aliphatic heterocycles. The third kappa shape index (κ3) is 4.61. The molecule has 0 N–H and O–H groups in total. The minimum absolute atomic E-state index is 0.656. The molecule has 0 bridgehead atoms. The van der Waals surface area contributed by atoms with Gasteiger partial charge in [0.15, 0.2) is 17.5 Å². The van der Waals surface area contributed by atoms with Crippen LogP contribution in [0.3, 0.4) is 0 Å². The van der Waals surface area contributed by atoms with Gasteiger partial charge in [-0.15, -0.1) is 11.3 Å². The molecule has 0 saturated heterocycles. The van der Waals surface area contributed by atoms with Crippen molar-refractivity contribution in [3.05, 3.63) is 164 Å². The Hall–Kier alpha value is -6.23. The molecule has 49 heavy (non-hydrogen) atoms. The van der Waals surface area contributed by atoms with Crippen LogP contribution in [0.4, 0.5) is 0 Å². The highest BCUT2D eigenvalue weighted by molar-refractivity contribution is 7.26. The molecule has 8 aromatic carbocycles. The van der Waals surface area contributed by atoms with Crippen LogP contribution in [0.25, 0.3) is 97.8 Å². The smallest absolute Gasteiger partial charge is 0.164 e. The van der Waals surface area contributed by atoms with Crippen LogP contribution in [0.5, 0.6) is 0 Å². The number of fused-ring (bicyclic) bond motifs is 9.